The van der Waals surface area contributed by atoms with Crippen molar-refractivity contribution < 1.29 is 14.3 Å². The van der Waals surface area contributed by atoms with Crippen molar-refractivity contribution in [2.75, 3.05) is 24.8 Å². The minimum absolute atomic E-state index is 0.271. The molecular weight excluding hydrogens is 382 g/mol. The Hall–Kier alpha value is -2.24. The third kappa shape index (κ3) is 6.15. The second-order valence-electron chi connectivity index (χ2n) is 6.19. The lowest BCUT2D eigenvalue weighted by Crippen LogP contribution is -2.12. The highest BCUT2D eigenvalue weighted by atomic mass is 32.2. The molecule has 6 nitrogen and oxygen atoms in total. The lowest BCUT2D eigenvalue weighted by Gasteiger charge is -2.13. The summed E-state index contributed by atoms with van der Waals surface area (Å²) in [5, 5.41) is 12.0. The molecule has 1 amide bonds. The van der Waals surface area contributed by atoms with E-state index in [1.165, 1.54) is 23.1 Å². The zero-order valence-electron chi connectivity index (χ0n) is 15.9. The van der Waals surface area contributed by atoms with Crippen molar-refractivity contribution in [1.29, 1.82) is 5.26 Å². The van der Waals surface area contributed by atoms with Gasteiger partial charge in [0.05, 0.1) is 35.4 Å². The molecule has 2 aromatic rings. The molecule has 0 aliphatic carbocycles. The van der Waals surface area contributed by atoms with Crippen molar-refractivity contribution in [2.45, 2.75) is 31.4 Å². The first-order valence-corrected chi connectivity index (χ1v) is 10.3. The van der Waals surface area contributed by atoms with Crippen LogP contribution in [0.2, 0.25) is 0 Å². The van der Waals surface area contributed by atoms with Crippen LogP contribution in [0.1, 0.15) is 36.3 Å². The maximum absolute atomic E-state index is 12.5. The lowest BCUT2D eigenvalue weighted by atomic mass is 10.1. The quantitative estimate of drug-likeness (QED) is 0.606. The fourth-order valence-electron chi connectivity index (χ4n) is 2.17. The Balaban J connectivity index is 2.07. The number of ether oxygens (including phenoxy) is 2. The zero-order chi connectivity index (χ0) is 19.8. The molecule has 1 aromatic carbocycles. The second-order valence-corrected chi connectivity index (χ2v) is 8.43. The van der Waals surface area contributed by atoms with Crippen molar-refractivity contribution in [1.82, 2.24) is 4.98 Å². The Morgan fingerprint density at radius 1 is 1.41 bits per heavy atom. The average Bonchev–Trinajstić information content (AvgIpc) is 2.98. The summed E-state index contributed by atoms with van der Waals surface area (Å²) in [4.78, 5) is 16.9. The molecule has 1 N–H and O–H groups in total. The number of aromatic nitrogens is 1. The van der Waals surface area contributed by atoms with Crippen LogP contribution in [0.25, 0.3) is 0 Å². The van der Waals surface area contributed by atoms with Crippen LogP contribution in [-0.2, 0) is 0 Å². The van der Waals surface area contributed by atoms with Crippen molar-refractivity contribution in [3.63, 3.8) is 0 Å². The molecule has 0 saturated heterocycles. The van der Waals surface area contributed by atoms with Crippen LogP contribution in [0.3, 0.4) is 0 Å². The number of rotatable bonds is 9. The van der Waals surface area contributed by atoms with Gasteiger partial charge in [0.15, 0.2) is 16.6 Å². The van der Waals surface area contributed by atoms with E-state index in [0.717, 1.165) is 16.3 Å². The first kappa shape index (κ1) is 21.1. The number of hydrogen-bond donors (Lipinski definition) is 1. The molecule has 0 unspecified atom stereocenters. The van der Waals surface area contributed by atoms with Gasteiger partial charge in [-0.1, -0.05) is 36.9 Å². The molecule has 8 heteroatoms. The van der Waals surface area contributed by atoms with Gasteiger partial charge in [-0.05, 0) is 37.5 Å². The number of hydrogen-bond acceptors (Lipinski definition) is 7. The fraction of sp³-hybridized carbons (Fsp3) is 0.421. The number of nitrogens with zero attached hydrogens (tertiary/aromatic N) is 2. The molecule has 0 aliphatic rings. The van der Waals surface area contributed by atoms with Gasteiger partial charge >= 0.3 is 0 Å². The highest BCUT2D eigenvalue weighted by Gasteiger charge is 2.15. The number of anilines is 1. The van der Waals surface area contributed by atoms with E-state index in [9.17, 15) is 4.79 Å². The Morgan fingerprint density at radius 2 is 2.19 bits per heavy atom. The van der Waals surface area contributed by atoms with Crippen LogP contribution in [0, 0.1) is 24.2 Å². The summed E-state index contributed by atoms with van der Waals surface area (Å²) >= 11 is 2.78. The average molecular weight is 406 g/mol. The molecule has 0 fully saturated rings. The van der Waals surface area contributed by atoms with E-state index in [2.05, 4.69) is 30.2 Å². The number of benzene rings is 1. The van der Waals surface area contributed by atoms with Gasteiger partial charge in [0, 0.05) is 5.56 Å². The summed E-state index contributed by atoms with van der Waals surface area (Å²) in [6.45, 7) is 6.73. The number of thiazole rings is 1. The van der Waals surface area contributed by atoms with E-state index in [1.54, 1.807) is 25.3 Å². The van der Waals surface area contributed by atoms with E-state index in [-0.39, 0.29) is 5.91 Å². The molecule has 0 bridgehead atoms. The molecule has 2 rings (SSSR count). The summed E-state index contributed by atoms with van der Waals surface area (Å²) in [5.41, 5.74) is 1.27. The van der Waals surface area contributed by atoms with Crippen molar-refractivity contribution in [3.8, 4) is 17.6 Å². The van der Waals surface area contributed by atoms with Gasteiger partial charge in [-0.3, -0.25) is 10.1 Å². The standard InChI is InChI=1S/C19H23N3O3S2/c1-12(2)7-9-25-15-6-5-14(11-16(15)24-4)17(23)22-19-21-13(3)18(27-19)26-10-8-20/h5-6,11-12H,7,9-10H2,1-4H3,(H,21,22,23). The Kier molecular flexibility index (Phi) is 7.95. The molecule has 27 heavy (non-hydrogen) atoms. The van der Waals surface area contributed by atoms with Crippen molar-refractivity contribution in [3.05, 3.63) is 29.5 Å². The minimum atomic E-state index is -0.271. The van der Waals surface area contributed by atoms with Crippen LogP contribution in [0.15, 0.2) is 22.4 Å². The van der Waals surface area contributed by atoms with Gasteiger partial charge in [-0.15, -0.1) is 0 Å². The van der Waals surface area contributed by atoms with Crippen molar-refractivity contribution >= 4 is 34.1 Å². The molecule has 1 heterocycles. The summed E-state index contributed by atoms with van der Waals surface area (Å²) in [6, 6.07) is 7.19. The third-order valence-electron chi connectivity index (χ3n) is 3.62. The maximum Gasteiger partial charge on any atom is 0.257 e. The first-order chi connectivity index (χ1) is 12.9. The molecule has 0 atom stereocenters. The number of aryl methyl sites for hydroxylation is 1. The fourth-order valence-corrected chi connectivity index (χ4v) is 3.96. The molecule has 0 aliphatic heterocycles. The summed E-state index contributed by atoms with van der Waals surface area (Å²) in [6.07, 6.45) is 0.945. The Morgan fingerprint density at radius 3 is 2.85 bits per heavy atom. The van der Waals surface area contributed by atoms with Gasteiger partial charge in [-0.2, -0.15) is 5.26 Å². The van der Waals surface area contributed by atoms with E-state index in [0.29, 0.717) is 40.5 Å². The minimum Gasteiger partial charge on any atom is -0.493 e. The van der Waals surface area contributed by atoms with Crippen LogP contribution < -0.4 is 14.8 Å². The van der Waals surface area contributed by atoms with Crippen LogP contribution in [-0.4, -0.2) is 30.4 Å². The maximum atomic E-state index is 12.5. The van der Waals surface area contributed by atoms with E-state index < -0.39 is 0 Å². The third-order valence-corrected chi connectivity index (χ3v) is 5.92. The van der Waals surface area contributed by atoms with Gasteiger partial charge in [-0.25, -0.2) is 4.98 Å². The van der Waals surface area contributed by atoms with E-state index >= 15 is 0 Å². The Labute approximate surface area is 167 Å². The predicted octanol–water partition coefficient (Wildman–Crippen LogP) is 4.75. The Bertz CT molecular complexity index is 828. The van der Waals surface area contributed by atoms with Gasteiger partial charge in [0.1, 0.15) is 0 Å². The summed E-state index contributed by atoms with van der Waals surface area (Å²) in [5.74, 6) is 1.78. The van der Waals surface area contributed by atoms with E-state index in [1.807, 2.05) is 6.92 Å². The molecule has 144 valence electrons. The van der Waals surface area contributed by atoms with Crippen molar-refractivity contribution in [2.24, 2.45) is 5.92 Å². The predicted molar refractivity (Wildman–Crippen MR) is 109 cm³/mol. The van der Waals surface area contributed by atoms with Gasteiger partial charge in [0.2, 0.25) is 0 Å². The van der Waals surface area contributed by atoms with Crippen LogP contribution in [0.5, 0.6) is 11.5 Å². The topological polar surface area (TPSA) is 84.2 Å². The largest absolute Gasteiger partial charge is 0.493 e. The molecule has 1 aromatic heterocycles. The number of thioether (sulfide) groups is 1. The second kappa shape index (κ2) is 10.2. The number of carbonyl (C=O) groups excluding carboxylic acids is 1. The SMILES string of the molecule is COc1cc(C(=O)Nc2nc(C)c(SCC#N)s2)ccc1OCCC(C)C. The number of methoxy groups -OCH3 is 1. The summed E-state index contributed by atoms with van der Waals surface area (Å²) < 4.78 is 12.0. The van der Waals surface area contributed by atoms with Crippen LogP contribution in [0.4, 0.5) is 5.13 Å². The van der Waals surface area contributed by atoms with Gasteiger partial charge < -0.3 is 9.47 Å². The first-order valence-electron chi connectivity index (χ1n) is 8.54. The molecule has 0 saturated carbocycles. The molecular formula is C19H23N3O3S2. The monoisotopic (exact) mass is 405 g/mol. The highest BCUT2D eigenvalue weighted by Crippen LogP contribution is 2.33. The number of nitrogens with one attached hydrogen (secondary N) is 1. The van der Waals surface area contributed by atoms with Crippen LogP contribution >= 0.6 is 23.1 Å². The molecule has 0 spiro atoms. The smallest absolute Gasteiger partial charge is 0.257 e. The highest BCUT2D eigenvalue weighted by molar-refractivity contribution is 8.01. The van der Waals surface area contributed by atoms with Gasteiger partial charge in [0.25, 0.3) is 5.91 Å². The number of amides is 1. The summed E-state index contributed by atoms with van der Waals surface area (Å²) in [7, 11) is 1.55. The molecule has 0 radical (unpaired) electrons. The van der Waals surface area contributed by atoms with E-state index in [4.69, 9.17) is 14.7 Å². The number of nitriles is 1. The normalized spacial score (nSPS) is 10.5. The number of carbonyl (C=O) groups is 1. The lowest BCUT2D eigenvalue weighted by molar-refractivity contribution is 0.102. The zero-order valence-corrected chi connectivity index (χ0v) is 17.5.